The van der Waals surface area contributed by atoms with Crippen LogP contribution in [0.15, 0.2) is 24.3 Å². The highest BCUT2D eigenvalue weighted by Gasteiger charge is 2.18. The Bertz CT molecular complexity index is 586. The summed E-state index contributed by atoms with van der Waals surface area (Å²) >= 11 is 0. The fourth-order valence-electron chi connectivity index (χ4n) is 2.34. The van der Waals surface area contributed by atoms with Crippen LogP contribution in [0.5, 0.6) is 0 Å². The molecule has 0 saturated carbocycles. The molecule has 0 amide bonds. The molecule has 0 aliphatic heterocycles. The summed E-state index contributed by atoms with van der Waals surface area (Å²) in [7, 11) is -3.06. The first-order valence-corrected chi connectivity index (χ1v) is 8.97. The van der Waals surface area contributed by atoms with Gasteiger partial charge in [0, 0.05) is 30.5 Å². The molecule has 1 aromatic rings. The lowest BCUT2D eigenvalue weighted by Crippen LogP contribution is -2.35. The third kappa shape index (κ3) is 6.22. The van der Waals surface area contributed by atoms with E-state index in [1.54, 1.807) is 19.1 Å². The zero-order valence-electron chi connectivity index (χ0n) is 12.6. The standard InChI is InChI=1S/C14H22N2O4S/c1-4-6-14(15-11(2)10-21(3,19)20)12-7-5-8-13(9-12)16(17)18/h5,7-9,11,14-15H,4,6,10H2,1-3H3. The number of benzene rings is 1. The van der Waals surface area contributed by atoms with Crippen LogP contribution in [0.25, 0.3) is 0 Å². The lowest BCUT2D eigenvalue weighted by atomic mass is 10.0. The number of hydrogen-bond donors (Lipinski definition) is 1. The molecule has 1 rings (SSSR count). The minimum Gasteiger partial charge on any atom is -0.306 e. The Morgan fingerprint density at radius 1 is 1.38 bits per heavy atom. The van der Waals surface area contributed by atoms with Gasteiger partial charge < -0.3 is 5.32 Å². The van der Waals surface area contributed by atoms with Crippen molar-refractivity contribution in [3.63, 3.8) is 0 Å². The maximum absolute atomic E-state index is 11.3. The Balaban J connectivity index is 2.91. The average molecular weight is 314 g/mol. The topological polar surface area (TPSA) is 89.3 Å². The van der Waals surface area contributed by atoms with Crippen molar-refractivity contribution in [2.75, 3.05) is 12.0 Å². The Kier molecular flexibility index (Phi) is 6.29. The summed E-state index contributed by atoms with van der Waals surface area (Å²) in [6.45, 7) is 3.83. The highest BCUT2D eigenvalue weighted by atomic mass is 32.2. The molecule has 0 aliphatic rings. The normalized spacial score (nSPS) is 14.6. The van der Waals surface area contributed by atoms with E-state index in [9.17, 15) is 18.5 Å². The molecule has 0 radical (unpaired) electrons. The van der Waals surface area contributed by atoms with Crippen LogP contribution >= 0.6 is 0 Å². The number of nitro groups is 1. The number of nitrogens with one attached hydrogen (secondary N) is 1. The predicted molar refractivity (Wildman–Crippen MR) is 83.1 cm³/mol. The van der Waals surface area contributed by atoms with Gasteiger partial charge in [-0.25, -0.2) is 8.42 Å². The molecule has 6 nitrogen and oxygen atoms in total. The summed E-state index contributed by atoms with van der Waals surface area (Å²) in [5.74, 6) is 0.0438. The third-order valence-corrected chi connectivity index (χ3v) is 4.20. The number of nitrogens with zero attached hydrogens (tertiary/aromatic N) is 1. The van der Waals surface area contributed by atoms with E-state index in [0.29, 0.717) is 0 Å². The number of rotatable bonds is 8. The number of nitro benzene ring substituents is 1. The Morgan fingerprint density at radius 2 is 2.05 bits per heavy atom. The number of hydrogen-bond acceptors (Lipinski definition) is 5. The summed E-state index contributed by atoms with van der Waals surface area (Å²) in [6, 6.07) is 6.17. The molecule has 0 aromatic heterocycles. The first-order valence-electron chi connectivity index (χ1n) is 6.91. The molecule has 118 valence electrons. The van der Waals surface area contributed by atoms with Gasteiger partial charge in [0.1, 0.15) is 9.84 Å². The summed E-state index contributed by atoms with van der Waals surface area (Å²) in [5, 5.41) is 14.1. The van der Waals surface area contributed by atoms with Crippen LogP contribution in [0.2, 0.25) is 0 Å². The van der Waals surface area contributed by atoms with Crippen LogP contribution in [0.3, 0.4) is 0 Å². The van der Waals surface area contributed by atoms with Crippen LogP contribution in [-0.4, -0.2) is 31.4 Å². The van der Waals surface area contributed by atoms with Crippen molar-refractivity contribution in [1.82, 2.24) is 5.32 Å². The van der Waals surface area contributed by atoms with E-state index in [0.717, 1.165) is 18.4 Å². The second-order valence-electron chi connectivity index (χ2n) is 5.35. The fourth-order valence-corrected chi connectivity index (χ4v) is 3.34. The lowest BCUT2D eigenvalue weighted by molar-refractivity contribution is -0.384. The van der Waals surface area contributed by atoms with Gasteiger partial charge in [-0.05, 0) is 18.9 Å². The predicted octanol–water partition coefficient (Wildman–Crippen LogP) is 2.46. The van der Waals surface area contributed by atoms with Gasteiger partial charge in [0.05, 0.1) is 10.7 Å². The van der Waals surface area contributed by atoms with E-state index in [1.807, 2.05) is 13.0 Å². The van der Waals surface area contributed by atoms with Gasteiger partial charge >= 0.3 is 0 Å². The second-order valence-corrected chi connectivity index (χ2v) is 7.54. The second kappa shape index (κ2) is 7.51. The van der Waals surface area contributed by atoms with Crippen molar-refractivity contribution in [3.05, 3.63) is 39.9 Å². The highest BCUT2D eigenvalue weighted by Crippen LogP contribution is 2.23. The van der Waals surface area contributed by atoms with Crippen molar-refractivity contribution in [1.29, 1.82) is 0 Å². The maximum Gasteiger partial charge on any atom is 0.269 e. The zero-order valence-corrected chi connectivity index (χ0v) is 13.4. The van der Waals surface area contributed by atoms with Crippen LogP contribution in [-0.2, 0) is 9.84 Å². The molecule has 1 aromatic carbocycles. The fraction of sp³-hybridized carbons (Fsp3) is 0.571. The molecule has 2 unspecified atom stereocenters. The quantitative estimate of drug-likeness (QED) is 0.588. The molecule has 0 bridgehead atoms. The molecular weight excluding hydrogens is 292 g/mol. The van der Waals surface area contributed by atoms with E-state index in [-0.39, 0.29) is 23.5 Å². The minimum absolute atomic E-state index is 0.0438. The molecular formula is C14H22N2O4S. The third-order valence-electron chi connectivity index (χ3n) is 3.10. The van der Waals surface area contributed by atoms with Crippen LogP contribution in [0.4, 0.5) is 5.69 Å². The molecule has 0 fully saturated rings. The first-order chi connectivity index (χ1) is 9.73. The summed E-state index contributed by atoms with van der Waals surface area (Å²) < 4.78 is 22.7. The summed E-state index contributed by atoms with van der Waals surface area (Å²) in [6.07, 6.45) is 2.88. The smallest absolute Gasteiger partial charge is 0.269 e. The SMILES string of the molecule is CCCC(NC(C)CS(C)(=O)=O)c1cccc([N+](=O)[O-])c1. The molecule has 7 heteroatoms. The molecule has 0 heterocycles. The Hall–Kier alpha value is -1.47. The van der Waals surface area contributed by atoms with Crippen LogP contribution in [0.1, 0.15) is 38.3 Å². The number of non-ortho nitro benzene ring substituents is 1. The minimum atomic E-state index is -3.06. The van der Waals surface area contributed by atoms with E-state index >= 15 is 0 Å². The van der Waals surface area contributed by atoms with Crippen molar-refractivity contribution < 1.29 is 13.3 Å². The molecule has 0 aliphatic carbocycles. The van der Waals surface area contributed by atoms with Gasteiger partial charge in [-0.1, -0.05) is 25.5 Å². The zero-order chi connectivity index (χ0) is 16.0. The van der Waals surface area contributed by atoms with E-state index < -0.39 is 14.8 Å². The van der Waals surface area contributed by atoms with Gasteiger partial charge in [-0.15, -0.1) is 0 Å². The average Bonchev–Trinajstić information content (AvgIpc) is 2.36. The van der Waals surface area contributed by atoms with E-state index in [1.165, 1.54) is 12.3 Å². The van der Waals surface area contributed by atoms with Gasteiger partial charge in [0.25, 0.3) is 5.69 Å². The largest absolute Gasteiger partial charge is 0.306 e. The highest BCUT2D eigenvalue weighted by molar-refractivity contribution is 7.90. The van der Waals surface area contributed by atoms with Gasteiger partial charge in [0.2, 0.25) is 0 Å². The van der Waals surface area contributed by atoms with Crippen LogP contribution < -0.4 is 5.32 Å². The maximum atomic E-state index is 11.3. The molecule has 0 saturated heterocycles. The number of sulfone groups is 1. The van der Waals surface area contributed by atoms with E-state index in [4.69, 9.17) is 0 Å². The van der Waals surface area contributed by atoms with Crippen molar-refractivity contribution in [2.45, 2.75) is 38.8 Å². The molecule has 1 N–H and O–H groups in total. The summed E-state index contributed by atoms with van der Waals surface area (Å²) in [4.78, 5) is 10.4. The van der Waals surface area contributed by atoms with Crippen LogP contribution in [0, 0.1) is 10.1 Å². The molecule has 0 spiro atoms. The van der Waals surface area contributed by atoms with Gasteiger partial charge in [-0.2, -0.15) is 0 Å². The van der Waals surface area contributed by atoms with Gasteiger partial charge in [0.15, 0.2) is 0 Å². The van der Waals surface area contributed by atoms with Crippen molar-refractivity contribution in [2.24, 2.45) is 0 Å². The lowest BCUT2D eigenvalue weighted by Gasteiger charge is -2.23. The Labute approximate surface area is 125 Å². The van der Waals surface area contributed by atoms with E-state index in [2.05, 4.69) is 5.32 Å². The summed E-state index contributed by atoms with van der Waals surface area (Å²) in [5.41, 5.74) is 0.859. The molecule has 21 heavy (non-hydrogen) atoms. The van der Waals surface area contributed by atoms with Crippen molar-refractivity contribution in [3.8, 4) is 0 Å². The first kappa shape index (κ1) is 17.6. The molecule has 2 atom stereocenters. The monoisotopic (exact) mass is 314 g/mol. The van der Waals surface area contributed by atoms with Crippen molar-refractivity contribution >= 4 is 15.5 Å². The Morgan fingerprint density at radius 3 is 2.57 bits per heavy atom. The van der Waals surface area contributed by atoms with Gasteiger partial charge in [-0.3, -0.25) is 10.1 Å².